The van der Waals surface area contributed by atoms with Gasteiger partial charge in [0.05, 0.1) is 4.92 Å². The number of nitrogens with zero attached hydrogens (tertiary/aromatic N) is 3. The van der Waals surface area contributed by atoms with Gasteiger partial charge in [0.2, 0.25) is 0 Å². The predicted octanol–water partition coefficient (Wildman–Crippen LogP) is 1.92. The van der Waals surface area contributed by atoms with Crippen molar-refractivity contribution in [2.24, 2.45) is 0 Å². The minimum atomic E-state index is -0.546. The quantitative estimate of drug-likeness (QED) is 0.462. The zero-order chi connectivity index (χ0) is 18.0. The van der Waals surface area contributed by atoms with Crippen LogP contribution in [0, 0.1) is 24.0 Å². The van der Waals surface area contributed by atoms with Crippen LogP contribution >= 0.6 is 0 Å². The first kappa shape index (κ1) is 16.7. The van der Waals surface area contributed by atoms with Crippen LogP contribution in [0.5, 0.6) is 11.5 Å². The molecule has 0 amide bonds. The first-order valence-electron chi connectivity index (χ1n) is 7.69. The smallest absolute Gasteiger partial charge is 0.328 e. The van der Waals surface area contributed by atoms with E-state index in [2.05, 4.69) is 5.10 Å². The molecule has 0 bridgehead atoms. The summed E-state index contributed by atoms with van der Waals surface area (Å²) in [4.78, 5) is 22.6. The van der Waals surface area contributed by atoms with Crippen molar-refractivity contribution >= 4 is 11.7 Å². The molecular formula is C16H17N3O6. The second-order valence-corrected chi connectivity index (χ2v) is 5.54. The van der Waals surface area contributed by atoms with Gasteiger partial charge in [-0.25, -0.2) is 0 Å². The predicted molar refractivity (Wildman–Crippen MR) is 85.6 cm³/mol. The number of carbonyl (C=O) groups is 1. The van der Waals surface area contributed by atoms with E-state index in [4.69, 9.17) is 14.2 Å². The number of aromatic nitrogens is 2. The van der Waals surface area contributed by atoms with Gasteiger partial charge >= 0.3 is 11.7 Å². The molecule has 2 aromatic rings. The number of ether oxygens (including phenoxy) is 3. The summed E-state index contributed by atoms with van der Waals surface area (Å²) in [5.74, 6) is 0.645. The molecule has 9 nitrogen and oxygen atoms in total. The highest BCUT2D eigenvalue weighted by Crippen LogP contribution is 2.34. The molecule has 1 aliphatic heterocycles. The van der Waals surface area contributed by atoms with Crippen molar-refractivity contribution in [3.05, 3.63) is 45.3 Å². The Bertz CT molecular complexity index is 830. The van der Waals surface area contributed by atoms with E-state index < -0.39 is 10.9 Å². The van der Waals surface area contributed by atoms with Gasteiger partial charge in [-0.2, -0.15) is 5.10 Å². The SMILES string of the molecule is Cc1nn(CC(=O)OCc2cccc3c2OCCO3)c(C)c1[N+](=O)[O-]. The second-order valence-electron chi connectivity index (χ2n) is 5.54. The van der Waals surface area contributed by atoms with E-state index in [-0.39, 0.29) is 24.5 Å². The van der Waals surface area contributed by atoms with Gasteiger partial charge in [-0.05, 0) is 19.9 Å². The maximum absolute atomic E-state index is 12.1. The van der Waals surface area contributed by atoms with Gasteiger partial charge in [-0.3, -0.25) is 19.6 Å². The Kier molecular flexibility index (Phi) is 4.55. The lowest BCUT2D eigenvalue weighted by Gasteiger charge is -2.20. The van der Waals surface area contributed by atoms with Crippen molar-refractivity contribution in [3.63, 3.8) is 0 Å². The first-order chi connectivity index (χ1) is 12.0. The number of rotatable bonds is 5. The van der Waals surface area contributed by atoms with Gasteiger partial charge in [0.15, 0.2) is 11.5 Å². The number of nitro groups is 1. The van der Waals surface area contributed by atoms with Gasteiger partial charge in [0, 0.05) is 5.56 Å². The largest absolute Gasteiger partial charge is 0.486 e. The van der Waals surface area contributed by atoms with Crippen LogP contribution in [0.4, 0.5) is 5.69 Å². The standard InChI is InChI=1S/C16H17N3O6/c1-10-15(19(21)22)11(2)18(17-10)8-14(20)25-9-12-4-3-5-13-16(12)24-7-6-23-13/h3-5H,6-9H2,1-2H3. The Morgan fingerprint density at radius 2 is 2.12 bits per heavy atom. The Labute approximate surface area is 143 Å². The molecule has 9 heteroatoms. The van der Waals surface area contributed by atoms with Gasteiger partial charge < -0.3 is 14.2 Å². The van der Waals surface area contributed by atoms with Crippen LogP contribution in [0.3, 0.4) is 0 Å². The molecule has 25 heavy (non-hydrogen) atoms. The van der Waals surface area contributed by atoms with E-state index in [0.29, 0.717) is 36.0 Å². The van der Waals surface area contributed by atoms with Crippen LogP contribution in [0.1, 0.15) is 17.0 Å². The van der Waals surface area contributed by atoms with Gasteiger partial charge in [-0.15, -0.1) is 0 Å². The second kappa shape index (κ2) is 6.80. The lowest BCUT2D eigenvalue weighted by molar-refractivity contribution is -0.386. The van der Waals surface area contributed by atoms with Crippen molar-refractivity contribution in [2.45, 2.75) is 27.0 Å². The molecule has 0 saturated heterocycles. The zero-order valence-corrected chi connectivity index (χ0v) is 13.9. The molecule has 0 N–H and O–H groups in total. The number of hydrogen-bond donors (Lipinski definition) is 0. The highest BCUT2D eigenvalue weighted by atomic mass is 16.6. The summed E-state index contributed by atoms with van der Waals surface area (Å²) in [7, 11) is 0. The van der Waals surface area contributed by atoms with Crippen molar-refractivity contribution < 1.29 is 23.9 Å². The fourth-order valence-electron chi connectivity index (χ4n) is 2.68. The van der Waals surface area contributed by atoms with Gasteiger partial charge in [0.25, 0.3) is 0 Å². The normalized spacial score (nSPS) is 12.7. The van der Waals surface area contributed by atoms with E-state index in [1.54, 1.807) is 25.1 Å². The van der Waals surface area contributed by atoms with Gasteiger partial charge in [0.1, 0.15) is 37.8 Å². The Morgan fingerprint density at radius 1 is 1.36 bits per heavy atom. The molecule has 1 aromatic carbocycles. The van der Waals surface area contributed by atoms with Crippen molar-refractivity contribution in [1.29, 1.82) is 0 Å². The van der Waals surface area contributed by atoms with Crippen molar-refractivity contribution in [2.75, 3.05) is 13.2 Å². The number of esters is 1. The van der Waals surface area contributed by atoms with E-state index in [1.807, 2.05) is 0 Å². The number of aryl methyl sites for hydroxylation is 1. The third-order valence-corrected chi connectivity index (χ3v) is 3.84. The number of fused-ring (bicyclic) bond motifs is 1. The fourth-order valence-corrected chi connectivity index (χ4v) is 2.68. The molecule has 0 spiro atoms. The summed E-state index contributed by atoms with van der Waals surface area (Å²) in [6, 6.07) is 5.37. The monoisotopic (exact) mass is 347 g/mol. The van der Waals surface area contributed by atoms with E-state index in [9.17, 15) is 14.9 Å². The molecule has 0 radical (unpaired) electrons. The van der Waals surface area contributed by atoms with E-state index in [0.717, 1.165) is 0 Å². The lowest BCUT2D eigenvalue weighted by atomic mass is 10.2. The van der Waals surface area contributed by atoms with E-state index in [1.165, 1.54) is 11.6 Å². The Morgan fingerprint density at radius 3 is 2.84 bits per heavy atom. The lowest BCUT2D eigenvalue weighted by Crippen LogP contribution is -2.18. The third kappa shape index (κ3) is 3.39. The fraction of sp³-hybridized carbons (Fsp3) is 0.375. The minimum Gasteiger partial charge on any atom is -0.486 e. The molecule has 0 atom stereocenters. The van der Waals surface area contributed by atoms with E-state index >= 15 is 0 Å². The summed E-state index contributed by atoms with van der Waals surface area (Å²) in [6.45, 7) is 3.81. The molecule has 1 aliphatic rings. The highest BCUT2D eigenvalue weighted by Gasteiger charge is 2.23. The topological polar surface area (TPSA) is 106 Å². The molecule has 0 saturated carbocycles. The van der Waals surface area contributed by atoms with Crippen molar-refractivity contribution in [1.82, 2.24) is 9.78 Å². The maximum atomic E-state index is 12.1. The number of benzene rings is 1. The molecule has 0 fully saturated rings. The average molecular weight is 347 g/mol. The van der Waals surface area contributed by atoms with Gasteiger partial charge in [-0.1, -0.05) is 12.1 Å². The molecule has 0 unspecified atom stereocenters. The Hall–Kier alpha value is -3.10. The summed E-state index contributed by atoms with van der Waals surface area (Å²) in [5, 5.41) is 15.0. The van der Waals surface area contributed by atoms with Crippen LogP contribution in [0.2, 0.25) is 0 Å². The highest BCUT2D eigenvalue weighted by molar-refractivity contribution is 5.69. The molecular weight excluding hydrogens is 330 g/mol. The summed E-state index contributed by atoms with van der Waals surface area (Å²) in [6.07, 6.45) is 0. The molecule has 1 aromatic heterocycles. The zero-order valence-electron chi connectivity index (χ0n) is 13.9. The van der Waals surface area contributed by atoms with Crippen LogP contribution in [0.25, 0.3) is 0 Å². The first-order valence-corrected chi connectivity index (χ1v) is 7.69. The van der Waals surface area contributed by atoms with Crippen LogP contribution in [0.15, 0.2) is 18.2 Å². The summed E-state index contributed by atoms with van der Waals surface area (Å²) in [5.41, 5.74) is 1.19. The van der Waals surface area contributed by atoms with Crippen LogP contribution in [-0.4, -0.2) is 33.9 Å². The summed E-state index contributed by atoms with van der Waals surface area (Å²) >= 11 is 0. The minimum absolute atomic E-state index is 0.0206. The molecule has 132 valence electrons. The molecule has 0 aliphatic carbocycles. The third-order valence-electron chi connectivity index (χ3n) is 3.84. The molecule has 2 heterocycles. The Balaban J connectivity index is 1.67. The van der Waals surface area contributed by atoms with Crippen LogP contribution < -0.4 is 9.47 Å². The average Bonchev–Trinajstić information content (AvgIpc) is 2.86. The number of hydrogen-bond acceptors (Lipinski definition) is 7. The number of carbonyl (C=O) groups excluding carboxylic acids is 1. The molecule has 3 rings (SSSR count). The summed E-state index contributed by atoms with van der Waals surface area (Å²) < 4.78 is 17.6. The maximum Gasteiger partial charge on any atom is 0.328 e. The van der Waals surface area contributed by atoms with Crippen LogP contribution in [-0.2, 0) is 22.7 Å². The number of para-hydroxylation sites is 1. The van der Waals surface area contributed by atoms with Crippen molar-refractivity contribution in [3.8, 4) is 11.5 Å².